The second-order valence-electron chi connectivity index (χ2n) is 10.7. The van der Waals surface area contributed by atoms with Crippen LogP contribution in [0.3, 0.4) is 0 Å². The summed E-state index contributed by atoms with van der Waals surface area (Å²) in [6, 6.07) is 9.22. The van der Waals surface area contributed by atoms with Gasteiger partial charge in [0, 0.05) is 13.1 Å². The van der Waals surface area contributed by atoms with E-state index in [0.717, 1.165) is 31.2 Å². The molecular weight excluding hydrogens is 448 g/mol. The van der Waals surface area contributed by atoms with Crippen LogP contribution in [0.2, 0.25) is 0 Å². The van der Waals surface area contributed by atoms with Crippen molar-refractivity contribution in [3.63, 3.8) is 0 Å². The van der Waals surface area contributed by atoms with Crippen LogP contribution in [0.5, 0.6) is 0 Å². The van der Waals surface area contributed by atoms with Gasteiger partial charge >= 0.3 is 18.0 Å². The Bertz CT molecular complexity index is 862. The molecule has 1 aromatic carbocycles. The molecule has 0 spiro atoms. The molecule has 1 saturated heterocycles. The molecule has 0 bridgehead atoms. The van der Waals surface area contributed by atoms with Crippen LogP contribution in [0.4, 0.5) is 4.79 Å². The summed E-state index contributed by atoms with van der Waals surface area (Å²) in [6.45, 7) is 6.80. The number of nitrogens with zero attached hydrogens (tertiary/aromatic N) is 1. The van der Waals surface area contributed by atoms with Gasteiger partial charge in [-0.1, -0.05) is 43.2 Å². The van der Waals surface area contributed by atoms with Gasteiger partial charge in [-0.05, 0) is 64.5 Å². The molecule has 1 saturated carbocycles. The molecule has 8 nitrogen and oxygen atoms in total. The zero-order chi connectivity index (χ0) is 25.5. The lowest BCUT2D eigenvalue weighted by Gasteiger charge is -2.29. The Morgan fingerprint density at radius 3 is 2.46 bits per heavy atom. The van der Waals surface area contributed by atoms with Gasteiger partial charge in [0.25, 0.3) is 0 Å². The van der Waals surface area contributed by atoms with E-state index in [1.54, 1.807) is 4.90 Å². The fraction of sp³-hybridized carbons (Fsp3) is 0.667. The third-order valence-corrected chi connectivity index (χ3v) is 6.94. The minimum atomic E-state index is -0.827. The Kier molecular flexibility index (Phi) is 9.16. The summed E-state index contributed by atoms with van der Waals surface area (Å²) < 4.78 is 16.3. The van der Waals surface area contributed by atoms with Gasteiger partial charge in [0.15, 0.2) is 0 Å². The van der Waals surface area contributed by atoms with Crippen molar-refractivity contribution >= 4 is 18.0 Å². The summed E-state index contributed by atoms with van der Waals surface area (Å²) in [5, 5.41) is 3.39. The third kappa shape index (κ3) is 7.43. The number of methoxy groups -OCH3 is 1. The molecule has 0 radical (unpaired) electrons. The maximum absolute atomic E-state index is 13.0. The van der Waals surface area contributed by atoms with E-state index in [4.69, 9.17) is 14.2 Å². The highest BCUT2D eigenvalue weighted by Crippen LogP contribution is 2.36. The number of hydrogen-bond acceptors (Lipinski definition) is 7. The van der Waals surface area contributed by atoms with Crippen LogP contribution in [0.25, 0.3) is 0 Å². The minimum absolute atomic E-state index is 0.217. The molecule has 1 aromatic rings. The van der Waals surface area contributed by atoms with Crippen molar-refractivity contribution < 1.29 is 28.6 Å². The predicted octanol–water partition coefficient (Wildman–Crippen LogP) is 4.07. The fourth-order valence-electron chi connectivity index (χ4n) is 5.06. The van der Waals surface area contributed by atoms with Crippen molar-refractivity contribution in [2.24, 2.45) is 11.3 Å². The van der Waals surface area contributed by atoms with Gasteiger partial charge in [-0.25, -0.2) is 4.79 Å². The van der Waals surface area contributed by atoms with Crippen LogP contribution < -0.4 is 5.32 Å². The number of benzene rings is 1. The molecule has 35 heavy (non-hydrogen) atoms. The number of ether oxygens (including phenoxy) is 3. The van der Waals surface area contributed by atoms with E-state index >= 15 is 0 Å². The number of nitrogens with one attached hydrogen (secondary N) is 1. The smallest absolute Gasteiger partial charge is 0.410 e. The van der Waals surface area contributed by atoms with E-state index in [2.05, 4.69) is 5.32 Å². The van der Waals surface area contributed by atoms with Gasteiger partial charge < -0.3 is 24.4 Å². The summed E-state index contributed by atoms with van der Waals surface area (Å²) in [7, 11) is 1.37. The maximum atomic E-state index is 13.0. The van der Waals surface area contributed by atoms with E-state index in [9.17, 15) is 14.4 Å². The van der Waals surface area contributed by atoms with Crippen LogP contribution in [-0.2, 0) is 30.4 Å². The molecular formula is C27H40N2O6. The first-order chi connectivity index (χ1) is 16.6. The lowest BCUT2D eigenvalue weighted by molar-refractivity contribution is -0.152. The zero-order valence-corrected chi connectivity index (χ0v) is 21.5. The van der Waals surface area contributed by atoms with Crippen LogP contribution in [0, 0.1) is 11.3 Å². The summed E-state index contributed by atoms with van der Waals surface area (Å²) >= 11 is 0. The molecule has 1 N–H and O–H groups in total. The molecule has 1 heterocycles. The molecule has 1 unspecified atom stereocenters. The second kappa shape index (κ2) is 11.9. The maximum Gasteiger partial charge on any atom is 0.410 e. The predicted molar refractivity (Wildman–Crippen MR) is 131 cm³/mol. The van der Waals surface area contributed by atoms with Gasteiger partial charge in [0.2, 0.25) is 0 Å². The number of esters is 2. The standard InChI is InChI=1S/C27H40N2O6/c1-26(2,3)35-25(32)29-17-15-27(19-29,24(31)33-4)14-16-28-22(21-12-8-9-13-21)23(30)34-18-20-10-6-5-7-11-20/h5-7,10-11,21-22,28H,8-9,12-19H2,1-4H3/t22-,27?/m0/s1. The average Bonchev–Trinajstić information content (AvgIpc) is 3.51. The highest BCUT2D eigenvalue weighted by molar-refractivity contribution is 5.79. The van der Waals surface area contributed by atoms with Crippen LogP contribution in [0.1, 0.15) is 64.9 Å². The van der Waals surface area contributed by atoms with Gasteiger partial charge in [-0.15, -0.1) is 0 Å². The van der Waals surface area contributed by atoms with Crippen molar-refractivity contribution in [1.29, 1.82) is 0 Å². The van der Waals surface area contributed by atoms with Gasteiger partial charge in [-0.3, -0.25) is 9.59 Å². The van der Waals surface area contributed by atoms with Crippen molar-refractivity contribution in [3.05, 3.63) is 35.9 Å². The highest BCUT2D eigenvalue weighted by atomic mass is 16.6. The quantitative estimate of drug-likeness (QED) is 0.414. The molecule has 2 fully saturated rings. The zero-order valence-electron chi connectivity index (χ0n) is 21.5. The number of hydrogen-bond donors (Lipinski definition) is 1. The normalized spacial score (nSPS) is 21.5. The molecule has 2 aliphatic rings. The van der Waals surface area contributed by atoms with E-state index in [0.29, 0.717) is 25.9 Å². The van der Waals surface area contributed by atoms with E-state index in [1.807, 2.05) is 51.1 Å². The Hall–Kier alpha value is -2.61. The van der Waals surface area contributed by atoms with E-state index in [-0.39, 0.29) is 31.0 Å². The number of carbonyl (C=O) groups is 3. The topological polar surface area (TPSA) is 94.2 Å². The number of amides is 1. The summed E-state index contributed by atoms with van der Waals surface area (Å²) in [5.74, 6) is -0.377. The molecule has 0 aromatic heterocycles. The second-order valence-corrected chi connectivity index (χ2v) is 10.7. The number of likely N-dealkylation sites (tertiary alicyclic amines) is 1. The third-order valence-electron chi connectivity index (χ3n) is 6.94. The van der Waals surface area contributed by atoms with E-state index < -0.39 is 23.2 Å². The fourth-order valence-corrected chi connectivity index (χ4v) is 5.06. The Morgan fingerprint density at radius 1 is 1.14 bits per heavy atom. The number of carbonyl (C=O) groups excluding carboxylic acids is 3. The molecule has 2 atom stereocenters. The molecule has 1 aliphatic carbocycles. The molecule has 1 aliphatic heterocycles. The van der Waals surface area contributed by atoms with Crippen molar-refractivity contribution in [1.82, 2.24) is 10.2 Å². The van der Waals surface area contributed by atoms with E-state index in [1.165, 1.54) is 7.11 Å². The van der Waals surface area contributed by atoms with Crippen molar-refractivity contribution in [2.75, 3.05) is 26.7 Å². The summed E-state index contributed by atoms with van der Waals surface area (Å²) in [4.78, 5) is 40.0. The van der Waals surface area contributed by atoms with Crippen molar-refractivity contribution in [3.8, 4) is 0 Å². The summed E-state index contributed by atoms with van der Waals surface area (Å²) in [6.07, 6.45) is 4.68. The Balaban J connectivity index is 1.61. The van der Waals surface area contributed by atoms with Crippen LogP contribution in [-0.4, -0.2) is 61.3 Å². The van der Waals surface area contributed by atoms with Crippen LogP contribution >= 0.6 is 0 Å². The summed E-state index contributed by atoms with van der Waals surface area (Å²) in [5.41, 5.74) is -0.486. The van der Waals surface area contributed by atoms with Gasteiger partial charge in [-0.2, -0.15) is 0 Å². The van der Waals surface area contributed by atoms with Gasteiger partial charge in [0.05, 0.1) is 12.5 Å². The first-order valence-electron chi connectivity index (χ1n) is 12.6. The lowest BCUT2D eigenvalue weighted by Crippen LogP contribution is -2.46. The van der Waals surface area contributed by atoms with Crippen molar-refractivity contribution in [2.45, 2.75) is 77.5 Å². The lowest BCUT2D eigenvalue weighted by atomic mass is 9.83. The number of rotatable bonds is 9. The van der Waals surface area contributed by atoms with Crippen LogP contribution in [0.15, 0.2) is 30.3 Å². The molecule has 3 rings (SSSR count). The largest absolute Gasteiger partial charge is 0.469 e. The molecule has 8 heteroatoms. The van der Waals surface area contributed by atoms with Gasteiger partial charge in [0.1, 0.15) is 18.2 Å². The Labute approximate surface area is 208 Å². The minimum Gasteiger partial charge on any atom is -0.469 e. The molecule has 1 amide bonds. The first kappa shape index (κ1) is 27.0. The molecule has 194 valence electrons. The highest BCUT2D eigenvalue weighted by Gasteiger charge is 2.47. The first-order valence-corrected chi connectivity index (χ1v) is 12.6. The Morgan fingerprint density at radius 2 is 1.83 bits per heavy atom. The average molecular weight is 489 g/mol. The SMILES string of the molecule is COC(=O)C1(CCN[C@H](C(=O)OCc2ccccc2)C2CCCC2)CCN(C(=O)OC(C)(C)C)C1. The monoisotopic (exact) mass is 488 g/mol.